The van der Waals surface area contributed by atoms with Crippen LogP contribution in [0.3, 0.4) is 0 Å². The first kappa shape index (κ1) is 25.2. The van der Waals surface area contributed by atoms with Crippen molar-refractivity contribution < 1.29 is 23.1 Å². The van der Waals surface area contributed by atoms with Crippen molar-refractivity contribution in [2.45, 2.75) is 13.5 Å². The Kier molecular flexibility index (Phi) is 7.27. The van der Waals surface area contributed by atoms with Crippen LogP contribution in [0.15, 0.2) is 42.7 Å². The monoisotopic (exact) mass is 513 g/mol. The Balaban J connectivity index is 1.62. The minimum absolute atomic E-state index is 0.0280. The van der Waals surface area contributed by atoms with Gasteiger partial charge >= 0.3 is 0 Å². The first-order chi connectivity index (χ1) is 17.3. The van der Waals surface area contributed by atoms with Gasteiger partial charge in [-0.1, -0.05) is 17.7 Å². The van der Waals surface area contributed by atoms with Crippen molar-refractivity contribution in [3.8, 4) is 22.4 Å². The number of carbonyl (C=O) groups is 2. The lowest BCUT2D eigenvalue weighted by Crippen LogP contribution is -2.17. The van der Waals surface area contributed by atoms with Gasteiger partial charge < -0.3 is 14.6 Å². The lowest BCUT2D eigenvalue weighted by molar-refractivity contribution is 0.101. The summed E-state index contributed by atoms with van der Waals surface area (Å²) in [5, 5.41) is 7.04. The van der Waals surface area contributed by atoms with Gasteiger partial charge in [0.05, 0.1) is 36.3 Å². The maximum Gasteiger partial charge on any atom is 0.291 e. The summed E-state index contributed by atoms with van der Waals surface area (Å²) < 4.78 is 38.5. The highest BCUT2D eigenvalue weighted by molar-refractivity contribution is 6.33. The number of hydrogen-bond donors (Lipinski definition) is 1. The summed E-state index contributed by atoms with van der Waals surface area (Å²) >= 11 is 6.01. The first-order valence-corrected chi connectivity index (χ1v) is 11.2. The Hall–Kier alpha value is -3.89. The molecule has 1 N–H and O–H groups in total. The van der Waals surface area contributed by atoms with Crippen molar-refractivity contribution >= 4 is 29.5 Å². The highest BCUT2D eigenvalue weighted by atomic mass is 35.5. The molecule has 8 nitrogen and oxygen atoms in total. The highest BCUT2D eigenvalue weighted by Crippen LogP contribution is 2.33. The summed E-state index contributed by atoms with van der Waals surface area (Å²) in [6.07, 6.45) is 3.39. The van der Waals surface area contributed by atoms with E-state index in [0.717, 1.165) is 0 Å². The third kappa shape index (κ3) is 4.65. The van der Waals surface area contributed by atoms with Gasteiger partial charge in [-0.15, -0.1) is 0 Å². The van der Waals surface area contributed by atoms with Crippen molar-refractivity contribution in [3.05, 3.63) is 76.5 Å². The summed E-state index contributed by atoms with van der Waals surface area (Å²) in [6, 6.07) is 7.33. The second kappa shape index (κ2) is 10.4. The Labute approximate surface area is 210 Å². The molecule has 1 amide bonds. The Morgan fingerprint density at radius 1 is 1.14 bits per heavy atom. The van der Waals surface area contributed by atoms with E-state index in [1.807, 2.05) is 0 Å². The summed E-state index contributed by atoms with van der Waals surface area (Å²) in [5.74, 6) is -2.71. The molecule has 0 radical (unpaired) electrons. The zero-order chi connectivity index (χ0) is 26.0. The number of anilines is 1. The molecule has 0 atom stereocenters. The fourth-order valence-corrected chi connectivity index (χ4v) is 4.05. The average Bonchev–Trinajstić information content (AvgIpc) is 3.42. The second-order valence-electron chi connectivity index (χ2n) is 7.98. The van der Waals surface area contributed by atoms with E-state index >= 15 is 8.78 Å². The van der Waals surface area contributed by atoms with Crippen LogP contribution in [0.5, 0.6) is 0 Å². The maximum atomic E-state index is 15.2. The standard InChI is InChI=1S/C25H22ClF2N5O3/c1-14-19(11-30-33(14)8-9-36-3)17-6-7-18(23(28)22(17)27)21-12-29-24(32(21)2)25(35)31-16-5-4-15(13-34)20(26)10-16/h4-7,10-13H,8-9H2,1-3H3,(H,31,35). The number of imidazole rings is 1. The van der Waals surface area contributed by atoms with Crippen LogP contribution >= 0.6 is 11.6 Å². The topological polar surface area (TPSA) is 91.0 Å². The highest BCUT2D eigenvalue weighted by Gasteiger charge is 2.23. The largest absolute Gasteiger partial charge is 0.383 e. The Morgan fingerprint density at radius 2 is 1.86 bits per heavy atom. The molecule has 186 valence electrons. The van der Waals surface area contributed by atoms with Crippen LogP contribution < -0.4 is 5.32 Å². The van der Waals surface area contributed by atoms with Gasteiger partial charge in [0.2, 0.25) is 0 Å². The van der Waals surface area contributed by atoms with E-state index in [4.69, 9.17) is 16.3 Å². The number of benzene rings is 2. The zero-order valence-corrected chi connectivity index (χ0v) is 20.4. The molecule has 0 aliphatic heterocycles. The van der Waals surface area contributed by atoms with Crippen LogP contribution in [0.25, 0.3) is 22.4 Å². The van der Waals surface area contributed by atoms with Gasteiger partial charge in [-0.2, -0.15) is 5.10 Å². The molecule has 0 aliphatic rings. The number of ether oxygens (including phenoxy) is 1. The SMILES string of the molecule is COCCn1ncc(-c2ccc(-c3cnc(C(=O)Nc4ccc(C=O)c(Cl)c4)n3C)c(F)c2F)c1C. The smallest absolute Gasteiger partial charge is 0.291 e. The molecular weight excluding hydrogens is 492 g/mol. The van der Waals surface area contributed by atoms with Gasteiger partial charge in [0.15, 0.2) is 23.7 Å². The molecule has 0 fully saturated rings. The molecule has 0 saturated heterocycles. The van der Waals surface area contributed by atoms with Crippen molar-refractivity contribution in [2.24, 2.45) is 7.05 Å². The molecule has 2 aromatic heterocycles. The predicted molar refractivity (Wildman–Crippen MR) is 131 cm³/mol. The van der Waals surface area contributed by atoms with Crippen LogP contribution in [-0.2, 0) is 18.3 Å². The molecule has 2 aromatic carbocycles. The van der Waals surface area contributed by atoms with E-state index in [2.05, 4.69) is 15.4 Å². The number of aromatic nitrogens is 4. The number of aldehydes is 1. The Bertz CT molecular complexity index is 1460. The quantitative estimate of drug-likeness (QED) is 0.338. The molecule has 2 heterocycles. The molecule has 0 aliphatic carbocycles. The molecule has 11 heteroatoms. The van der Waals surface area contributed by atoms with E-state index in [1.54, 1.807) is 18.7 Å². The molecular formula is C25H22ClF2N5O3. The van der Waals surface area contributed by atoms with Crippen molar-refractivity contribution in [1.29, 1.82) is 0 Å². The number of methoxy groups -OCH3 is 1. The number of nitrogens with zero attached hydrogens (tertiary/aromatic N) is 4. The van der Waals surface area contributed by atoms with E-state index in [-0.39, 0.29) is 33.2 Å². The molecule has 4 rings (SSSR count). The van der Waals surface area contributed by atoms with Crippen LogP contribution in [0.4, 0.5) is 14.5 Å². The van der Waals surface area contributed by atoms with Crippen LogP contribution in [0.2, 0.25) is 5.02 Å². The maximum absolute atomic E-state index is 15.2. The molecule has 36 heavy (non-hydrogen) atoms. The minimum Gasteiger partial charge on any atom is -0.383 e. The van der Waals surface area contributed by atoms with E-state index in [9.17, 15) is 9.59 Å². The minimum atomic E-state index is -1.07. The second-order valence-corrected chi connectivity index (χ2v) is 8.39. The fraction of sp³-hybridized carbons (Fsp3) is 0.200. The summed E-state index contributed by atoms with van der Waals surface area (Å²) in [4.78, 5) is 27.8. The lowest BCUT2D eigenvalue weighted by Gasteiger charge is -2.11. The van der Waals surface area contributed by atoms with E-state index in [1.165, 1.54) is 54.3 Å². The Morgan fingerprint density at radius 3 is 2.56 bits per heavy atom. The van der Waals surface area contributed by atoms with Gasteiger partial charge in [0.25, 0.3) is 5.91 Å². The van der Waals surface area contributed by atoms with Crippen molar-refractivity contribution in [3.63, 3.8) is 0 Å². The number of hydrogen-bond acceptors (Lipinski definition) is 5. The van der Waals surface area contributed by atoms with Gasteiger partial charge in [-0.3, -0.25) is 14.3 Å². The molecule has 0 spiro atoms. The molecule has 4 aromatic rings. The van der Waals surface area contributed by atoms with Crippen molar-refractivity contribution in [1.82, 2.24) is 19.3 Å². The fourth-order valence-electron chi connectivity index (χ4n) is 3.83. The van der Waals surface area contributed by atoms with Crippen LogP contribution in [-0.4, -0.2) is 45.2 Å². The molecule has 0 bridgehead atoms. The summed E-state index contributed by atoms with van der Waals surface area (Å²) in [5.41, 5.74) is 2.03. The lowest BCUT2D eigenvalue weighted by atomic mass is 10.0. The van der Waals surface area contributed by atoms with Gasteiger partial charge in [0, 0.05) is 47.8 Å². The van der Waals surface area contributed by atoms with Crippen LogP contribution in [0.1, 0.15) is 26.7 Å². The van der Waals surface area contributed by atoms with Crippen molar-refractivity contribution in [2.75, 3.05) is 19.0 Å². The third-order valence-corrected chi connectivity index (χ3v) is 6.16. The number of rotatable bonds is 8. The average molecular weight is 514 g/mol. The number of carbonyl (C=O) groups excluding carboxylic acids is 2. The van der Waals surface area contributed by atoms with Crippen LogP contribution in [0, 0.1) is 18.6 Å². The summed E-state index contributed by atoms with van der Waals surface area (Å²) in [7, 11) is 3.09. The van der Waals surface area contributed by atoms with E-state index < -0.39 is 17.5 Å². The van der Waals surface area contributed by atoms with Gasteiger partial charge in [-0.25, -0.2) is 13.8 Å². The number of amides is 1. The summed E-state index contributed by atoms with van der Waals surface area (Å²) in [6.45, 7) is 2.69. The first-order valence-electron chi connectivity index (χ1n) is 10.8. The van der Waals surface area contributed by atoms with Gasteiger partial charge in [-0.05, 0) is 31.2 Å². The number of halogens is 3. The number of nitrogens with one attached hydrogen (secondary N) is 1. The predicted octanol–water partition coefficient (Wildman–Crippen LogP) is 4.90. The normalized spacial score (nSPS) is 11.1. The molecule has 0 saturated carbocycles. The third-order valence-electron chi connectivity index (χ3n) is 5.84. The van der Waals surface area contributed by atoms with E-state index in [0.29, 0.717) is 36.4 Å². The zero-order valence-electron chi connectivity index (χ0n) is 19.7. The van der Waals surface area contributed by atoms with Gasteiger partial charge in [0.1, 0.15) is 0 Å². The molecule has 0 unspecified atom stereocenters.